The predicted molar refractivity (Wildman–Crippen MR) is 116 cm³/mol. The first-order chi connectivity index (χ1) is 14.3. The Hall–Kier alpha value is -3.51. The number of nitrogens with one attached hydrogen (secondary N) is 1. The van der Waals surface area contributed by atoms with Crippen LogP contribution in [-0.2, 0) is 0 Å². The number of amides is 1. The smallest absolute Gasteiger partial charge is 0.265 e. The van der Waals surface area contributed by atoms with Crippen molar-refractivity contribution < 1.29 is 9.18 Å². The van der Waals surface area contributed by atoms with Gasteiger partial charge in [-0.3, -0.25) is 14.2 Å². The highest BCUT2D eigenvalue weighted by Crippen LogP contribution is 2.23. The van der Waals surface area contributed by atoms with Gasteiger partial charge in [0.15, 0.2) is 0 Å². The number of fused-ring (bicyclic) bond motifs is 1. The third kappa shape index (κ3) is 3.57. The second kappa shape index (κ2) is 7.72. The molecule has 1 N–H and O–H groups in total. The van der Waals surface area contributed by atoms with Crippen LogP contribution in [0.15, 0.2) is 65.5 Å². The van der Waals surface area contributed by atoms with Crippen LogP contribution >= 0.6 is 11.6 Å². The quantitative estimate of drug-likeness (QED) is 0.503. The van der Waals surface area contributed by atoms with Gasteiger partial charge in [0.25, 0.3) is 11.5 Å². The Morgan fingerprint density at radius 1 is 1.07 bits per heavy atom. The molecule has 0 aliphatic carbocycles. The number of rotatable bonds is 3. The number of benzene rings is 3. The van der Waals surface area contributed by atoms with Crippen molar-refractivity contribution in [3.05, 3.63) is 98.8 Å². The molecule has 0 atom stereocenters. The van der Waals surface area contributed by atoms with Gasteiger partial charge < -0.3 is 5.32 Å². The van der Waals surface area contributed by atoms with Crippen LogP contribution in [0.3, 0.4) is 0 Å². The Kier molecular flexibility index (Phi) is 5.10. The molecular formula is C23H17ClFN3O2. The maximum atomic E-state index is 13.5. The van der Waals surface area contributed by atoms with Crippen LogP contribution < -0.4 is 10.9 Å². The summed E-state index contributed by atoms with van der Waals surface area (Å²) in [5.74, 6) is -0.507. The SMILES string of the molecule is Cc1cc(-n2c(C)nc3ccccc3c2=O)ccc1NC(=O)c1cc(F)ccc1Cl. The molecule has 0 aliphatic rings. The van der Waals surface area contributed by atoms with Crippen LogP contribution in [0.4, 0.5) is 10.1 Å². The minimum absolute atomic E-state index is 0.0472. The number of para-hydroxylation sites is 1. The fourth-order valence-corrected chi connectivity index (χ4v) is 3.54. The largest absolute Gasteiger partial charge is 0.322 e. The molecule has 0 spiro atoms. The summed E-state index contributed by atoms with van der Waals surface area (Å²) >= 11 is 6.01. The maximum absolute atomic E-state index is 13.5. The molecule has 150 valence electrons. The first-order valence-corrected chi connectivity index (χ1v) is 9.59. The van der Waals surface area contributed by atoms with E-state index in [1.165, 1.54) is 16.7 Å². The average molecular weight is 422 g/mol. The number of carbonyl (C=O) groups excluding carboxylic acids is 1. The molecule has 5 nitrogen and oxygen atoms in total. The number of anilines is 1. The van der Waals surface area contributed by atoms with Crippen LogP contribution in [0.25, 0.3) is 16.6 Å². The van der Waals surface area contributed by atoms with Gasteiger partial charge in [-0.25, -0.2) is 9.37 Å². The number of halogens is 2. The molecule has 0 aliphatic heterocycles. The zero-order chi connectivity index (χ0) is 21.4. The highest BCUT2D eigenvalue weighted by molar-refractivity contribution is 6.34. The third-order valence-corrected chi connectivity index (χ3v) is 5.16. The Morgan fingerprint density at radius 3 is 2.60 bits per heavy atom. The Labute approximate surface area is 176 Å². The van der Waals surface area contributed by atoms with Crippen molar-refractivity contribution in [1.82, 2.24) is 9.55 Å². The van der Waals surface area contributed by atoms with Gasteiger partial charge in [0.2, 0.25) is 0 Å². The topological polar surface area (TPSA) is 64.0 Å². The Balaban J connectivity index is 1.71. The van der Waals surface area contributed by atoms with Crippen LogP contribution in [0, 0.1) is 19.7 Å². The number of hydrogen-bond acceptors (Lipinski definition) is 3. The standard InChI is InChI=1S/C23H17ClFN3O2/c1-13-11-16(28-14(2)26-21-6-4-3-5-17(21)23(28)30)8-10-20(13)27-22(29)18-12-15(25)7-9-19(18)24/h3-12H,1-2H3,(H,27,29). The molecule has 0 bridgehead atoms. The van der Waals surface area contributed by atoms with E-state index in [1.807, 2.05) is 6.07 Å². The van der Waals surface area contributed by atoms with Crippen molar-refractivity contribution in [3.63, 3.8) is 0 Å². The van der Waals surface area contributed by atoms with Gasteiger partial charge in [0.1, 0.15) is 11.6 Å². The highest BCUT2D eigenvalue weighted by atomic mass is 35.5. The average Bonchev–Trinajstić information content (AvgIpc) is 2.71. The van der Waals surface area contributed by atoms with E-state index in [2.05, 4.69) is 10.3 Å². The summed E-state index contributed by atoms with van der Waals surface area (Å²) in [6.07, 6.45) is 0. The summed E-state index contributed by atoms with van der Waals surface area (Å²) in [6, 6.07) is 16.0. The van der Waals surface area contributed by atoms with Crippen molar-refractivity contribution in [2.45, 2.75) is 13.8 Å². The molecule has 1 aromatic heterocycles. The molecule has 3 aromatic carbocycles. The lowest BCUT2D eigenvalue weighted by atomic mass is 10.1. The van der Waals surface area contributed by atoms with E-state index in [-0.39, 0.29) is 16.1 Å². The van der Waals surface area contributed by atoms with Crippen molar-refractivity contribution >= 4 is 34.1 Å². The molecule has 4 aromatic rings. The molecule has 0 unspecified atom stereocenters. The summed E-state index contributed by atoms with van der Waals surface area (Å²) in [5, 5.41) is 3.43. The summed E-state index contributed by atoms with van der Waals surface area (Å²) in [5.41, 5.74) is 2.42. The second-order valence-corrected chi connectivity index (χ2v) is 7.30. The number of nitrogens with zero attached hydrogens (tertiary/aromatic N) is 2. The molecule has 0 fully saturated rings. The van der Waals surface area contributed by atoms with E-state index >= 15 is 0 Å². The number of hydrogen-bond donors (Lipinski definition) is 1. The van der Waals surface area contributed by atoms with Gasteiger partial charge in [-0.05, 0) is 67.9 Å². The van der Waals surface area contributed by atoms with Gasteiger partial charge in [-0.15, -0.1) is 0 Å². The van der Waals surface area contributed by atoms with Crippen LogP contribution in [0.1, 0.15) is 21.7 Å². The van der Waals surface area contributed by atoms with Crippen molar-refractivity contribution in [2.24, 2.45) is 0 Å². The normalized spacial score (nSPS) is 10.9. The van der Waals surface area contributed by atoms with Gasteiger partial charge in [-0.1, -0.05) is 23.7 Å². The first kappa shape index (κ1) is 19.8. The molecule has 1 amide bonds. The van der Waals surface area contributed by atoms with E-state index < -0.39 is 11.7 Å². The van der Waals surface area contributed by atoms with E-state index in [9.17, 15) is 14.0 Å². The highest BCUT2D eigenvalue weighted by Gasteiger charge is 2.14. The molecule has 0 saturated carbocycles. The van der Waals surface area contributed by atoms with E-state index in [0.29, 0.717) is 28.1 Å². The number of aryl methyl sites for hydroxylation is 2. The molecule has 30 heavy (non-hydrogen) atoms. The van der Waals surface area contributed by atoms with Gasteiger partial charge in [0.05, 0.1) is 27.2 Å². The summed E-state index contributed by atoms with van der Waals surface area (Å²) in [7, 11) is 0. The molecule has 1 heterocycles. The monoisotopic (exact) mass is 421 g/mol. The van der Waals surface area contributed by atoms with Crippen molar-refractivity contribution in [1.29, 1.82) is 0 Å². The maximum Gasteiger partial charge on any atom is 0.265 e. The van der Waals surface area contributed by atoms with Crippen LogP contribution in [-0.4, -0.2) is 15.5 Å². The number of aromatic nitrogens is 2. The third-order valence-electron chi connectivity index (χ3n) is 4.83. The zero-order valence-electron chi connectivity index (χ0n) is 16.2. The lowest BCUT2D eigenvalue weighted by molar-refractivity contribution is 0.102. The molecule has 0 saturated heterocycles. The number of carbonyl (C=O) groups is 1. The van der Waals surface area contributed by atoms with E-state index in [4.69, 9.17) is 11.6 Å². The summed E-state index contributed by atoms with van der Waals surface area (Å²) < 4.78 is 15.0. The van der Waals surface area contributed by atoms with E-state index in [0.717, 1.165) is 11.6 Å². The molecule has 0 radical (unpaired) electrons. The first-order valence-electron chi connectivity index (χ1n) is 9.21. The summed E-state index contributed by atoms with van der Waals surface area (Å²) in [6.45, 7) is 3.58. The predicted octanol–water partition coefficient (Wildman–Crippen LogP) is 5.05. The minimum Gasteiger partial charge on any atom is -0.322 e. The molecule has 7 heteroatoms. The Bertz CT molecular complexity index is 1360. The van der Waals surface area contributed by atoms with Gasteiger partial charge in [0, 0.05) is 5.69 Å². The van der Waals surface area contributed by atoms with Crippen molar-refractivity contribution in [2.75, 3.05) is 5.32 Å². The minimum atomic E-state index is -0.546. The second-order valence-electron chi connectivity index (χ2n) is 6.89. The van der Waals surface area contributed by atoms with Gasteiger partial charge >= 0.3 is 0 Å². The fourth-order valence-electron chi connectivity index (χ4n) is 3.34. The lowest BCUT2D eigenvalue weighted by Gasteiger charge is -2.14. The zero-order valence-corrected chi connectivity index (χ0v) is 17.0. The molecule has 4 rings (SSSR count). The van der Waals surface area contributed by atoms with Crippen molar-refractivity contribution in [3.8, 4) is 5.69 Å². The van der Waals surface area contributed by atoms with E-state index in [1.54, 1.807) is 50.2 Å². The van der Waals surface area contributed by atoms with Crippen LogP contribution in [0.5, 0.6) is 0 Å². The van der Waals surface area contributed by atoms with Crippen LogP contribution in [0.2, 0.25) is 5.02 Å². The van der Waals surface area contributed by atoms with Gasteiger partial charge in [-0.2, -0.15) is 0 Å². The Morgan fingerprint density at radius 2 is 1.83 bits per heavy atom. The lowest BCUT2D eigenvalue weighted by Crippen LogP contribution is -2.22. The summed E-state index contributed by atoms with van der Waals surface area (Å²) in [4.78, 5) is 30.0. The fraction of sp³-hybridized carbons (Fsp3) is 0.0870. The molecular weight excluding hydrogens is 405 g/mol.